The van der Waals surface area contributed by atoms with Crippen LogP contribution in [0.3, 0.4) is 0 Å². The van der Waals surface area contributed by atoms with Gasteiger partial charge in [0, 0.05) is 37.4 Å². The first-order valence-electron chi connectivity index (χ1n) is 8.24. The number of anilines is 1. The summed E-state index contributed by atoms with van der Waals surface area (Å²) in [7, 11) is 1.99. The molecule has 0 saturated heterocycles. The molecule has 0 radical (unpaired) electrons. The first-order chi connectivity index (χ1) is 10.1. The predicted molar refractivity (Wildman–Crippen MR) is 83.9 cm³/mol. The Morgan fingerprint density at radius 3 is 2.86 bits per heavy atom. The average Bonchev–Trinajstić information content (AvgIpc) is 3.30. The minimum absolute atomic E-state index is 0.147. The molecule has 1 heterocycles. The van der Waals surface area contributed by atoms with Crippen molar-refractivity contribution in [3.63, 3.8) is 0 Å². The first kappa shape index (κ1) is 14.8. The van der Waals surface area contributed by atoms with Gasteiger partial charge in [-0.3, -0.25) is 0 Å². The summed E-state index contributed by atoms with van der Waals surface area (Å²) < 4.78 is 14.7. The molecule has 0 spiro atoms. The van der Waals surface area contributed by atoms with Crippen molar-refractivity contribution in [3.8, 4) is 0 Å². The van der Waals surface area contributed by atoms with Gasteiger partial charge in [0.2, 0.25) is 0 Å². The van der Waals surface area contributed by atoms with Crippen LogP contribution in [0, 0.1) is 11.7 Å². The van der Waals surface area contributed by atoms with Crippen LogP contribution in [0.1, 0.15) is 51.0 Å². The van der Waals surface area contributed by atoms with E-state index in [0.29, 0.717) is 24.4 Å². The molecule has 2 fully saturated rings. The third-order valence-electron chi connectivity index (χ3n) is 4.90. The maximum Gasteiger partial charge on any atom is 0.170 e. The number of halogens is 1. The molecule has 4 heteroatoms. The normalized spacial score (nSPS) is 25.9. The summed E-state index contributed by atoms with van der Waals surface area (Å²) in [6, 6.07) is 2.81. The van der Waals surface area contributed by atoms with E-state index in [2.05, 4.69) is 22.1 Å². The van der Waals surface area contributed by atoms with Crippen molar-refractivity contribution in [3.05, 3.63) is 23.6 Å². The summed E-state index contributed by atoms with van der Waals surface area (Å²) in [6.45, 7) is 2.90. The summed E-state index contributed by atoms with van der Waals surface area (Å²) in [5, 5.41) is 3.38. The van der Waals surface area contributed by atoms with Crippen LogP contribution in [-0.2, 0) is 6.54 Å². The van der Waals surface area contributed by atoms with E-state index in [1.54, 1.807) is 12.3 Å². The highest BCUT2D eigenvalue weighted by Gasteiger charge is 2.26. The number of pyridine rings is 1. The van der Waals surface area contributed by atoms with E-state index in [1.807, 2.05) is 7.05 Å². The summed E-state index contributed by atoms with van der Waals surface area (Å²) in [5.41, 5.74) is 0.739. The Bertz CT molecular complexity index is 487. The van der Waals surface area contributed by atoms with Crippen molar-refractivity contribution in [1.82, 2.24) is 10.3 Å². The van der Waals surface area contributed by atoms with Crippen molar-refractivity contribution >= 4 is 5.82 Å². The largest absolute Gasteiger partial charge is 0.354 e. The number of hydrogen-bond donors (Lipinski definition) is 1. The van der Waals surface area contributed by atoms with Crippen LogP contribution >= 0.6 is 0 Å². The van der Waals surface area contributed by atoms with Crippen molar-refractivity contribution in [1.29, 1.82) is 0 Å². The van der Waals surface area contributed by atoms with Gasteiger partial charge in [0.05, 0.1) is 0 Å². The maximum atomic E-state index is 14.7. The molecule has 0 bridgehead atoms. The van der Waals surface area contributed by atoms with Gasteiger partial charge in [0.15, 0.2) is 11.6 Å². The molecule has 116 valence electrons. The summed E-state index contributed by atoms with van der Waals surface area (Å²) >= 11 is 0. The highest BCUT2D eigenvalue weighted by molar-refractivity contribution is 5.43. The Balaban J connectivity index is 1.72. The summed E-state index contributed by atoms with van der Waals surface area (Å²) in [5.74, 6) is 1.10. The van der Waals surface area contributed by atoms with Crippen LogP contribution in [0.25, 0.3) is 0 Å². The molecule has 2 atom stereocenters. The number of aromatic nitrogens is 1. The van der Waals surface area contributed by atoms with Crippen LogP contribution in [0.2, 0.25) is 0 Å². The minimum Gasteiger partial charge on any atom is -0.354 e. The second-order valence-corrected chi connectivity index (χ2v) is 6.80. The second kappa shape index (κ2) is 6.30. The molecule has 0 aliphatic heterocycles. The van der Waals surface area contributed by atoms with E-state index in [-0.39, 0.29) is 5.82 Å². The molecule has 1 aromatic rings. The number of nitrogens with zero attached hydrogens (tertiary/aromatic N) is 2. The highest BCUT2D eigenvalue weighted by Crippen LogP contribution is 2.30. The Morgan fingerprint density at radius 1 is 1.33 bits per heavy atom. The number of hydrogen-bond acceptors (Lipinski definition) is 3. The molecule has 1 aromatic heterocycles. The molecule has 2 saturated carbocycles. The first-order valence-corrected chi connectivity index (χ1v) is 8.24. The van der Waals surface area contributed by atoms with E-state index < -0.39 is 0 Å². The zero-order chi connectivity index (χ0) is 14.8. The van der Waals surface area contributed by atoms with Gasteiger partial charge in [-0.15, -0.1) is 0 Å². The Labute approximate surface area is 126 Å². The molecule has 1 N–H and O–H groups in total. The quantitative estimate of drug-likeness (QED) is 0.900. The van der Waals surface area contributed by atoms with Crippen LogP contribution in [0.4, 0.5) is 10.2 Å². The lowest BCUT2D eigenvalue weighted by atomic mass is 9.86. The monoisotopic (exact) mass is 291 g/mol. The molecule has 2 aliphatic rings. The van der Waals surface area contributed by atoms with Gasteiger partial charge in [0.1, 0.15) is 0 Å². The second-order valence-electron chi connectivity index (χ2n) is 6.80. The van der Waals surface area contributed by atoms with Gasteiger partial charge in [-0.2, -0.15) is 0 Å². The van der Waals surface area contributed by atoms with Crippen LogP contribution in [-0.4, -0.2) is 24.1 Å². The third-order valence-corrected chi connectivity index (χ3v) is 4.90. The zero-order valence-electron chi connectivity index (χ0n) is 13.1. The third kappa shape index (κ3) is 3.54. The summed E-state index contributed by atoms with van der Waals surface area (Å²) in [4.78, 5) is 6.37. The fraction of sp³-hybridized carbons (Fsp3) is 0.706. The number of rotatable bonds is 5. The fourth-order valence-electron chi connectivity index (χ4n) is 3.32. The molecule has 2 unspecified atom stereocenters. The molecule has 0 amide bonds. The Hall–Kier alpha value is -1.16. The topological polar surface area (TPSA) is 28.2 Å². The summed E-state index contributed by atoms with van der Waals surface area (Å²) in [6.07, 6.45) is 9.00. The molecular formula is C17H26FN3. The highest BCUT2D eigenvalue weighted by atomic mass is 19.1. The van der Waals surface area contributed by atoms with E-state index in [4.69, 9.17) is 0 Å². The van der Waals surface area contributed by atoms with Crippen molar-refractivity contribution in [2.45, 2.75) is 64.1 Å². The molecule has 2 aliphatic carbocycles. The predicted octanol–water partition coefficient (Wildman–Crippen LogP) is 3.49. The van der Waals surface area contributed by atoms with Crippen LogP contribution in [0.15, 0.2) is 12.3 Å². The Kier molecular flexibility index (Phi) is 4.43. The van der Waals surface area contributed by atoms with E-state index in [9.17, 15) is 4.39 Å². The van der Waals surface area contributed by atoms with E-state index >= 15 is 0 Å². The number of nitrogens with one attached hydrogen (secondary N) is 1. The van der Waals surface area contributed by atoms with Gasteiger partial charge in [-0.05, 0) is 37.7 Å². The SMILES string of the molecule is CC1CCCC(N(C)c2nccc(CNC3CC3)c2F)C1. The molecule has 3 rings (SSSR count). The van der Waals surface area contributed by atoms with Gasteiger partial charge < -0.3 is 10.2 Å². The molecule has 3 nitrogen and oxygen atoms in total. The van der Waals surface area contributed by atoms with Gasteiger partial charge in [-0.25, -0.2) is 9.37 Å². The van der Waals surface area contributed by atoms with Gasteiger partial charge in [-0.1, -0.05) is 19.8 Å². The van der Waals surface area contributed by atoms with E-state index in [1.165, 1.54) is 25.7 Å². The lowest BCUT2D eigenvalue weighted by Gasteiger charge is -2.35. The van der Waals surface area contributed by atoms with Crippen molar-refractivity contribution < 1.29 is 4.39 Å². The van der Waals surface area contributed by atoms with Crippen molar-refractivity contribution in [2.75, 3.05) is 11.9 Å². The smallest absolute Gasteiger partial charge is 0.170 e. The average molecular weight is 291 g/mol. The lowest BCUT2D eigenvalue weighted by Crippen LogP contribution is -2.36. The van der Waals surface area contributed by atoms with Crippen molar-refractivity contribution in [2.24, 2.45) is 5.92 Å². The standard InChI is InChI=1S/C17H26FN3/c1-12-4-3-5-15(10-12)21(2)17-16(18)13(8-9-19-17)11-20-14-6-7-14/h8-9,12,14-15,20H,3-7,10-11H2,1-2H3. The maximum absolute atomic E-state index is 14.7. The molecule has 0 aromatic carbocycles. The fourth-order valence-corrected chi connectivity index (χ4v) is 3.32. The van der Waals surface area contributed by atoms with Gasteiger partial charge >= 0.3 is 0 Å². The lowest BCUT2D eigenvalue weighted by molar-refractivity contribution is 0.334. The zero-order valence-corrected chi connectivity index (χ0v) is 13.1. The van der Waals surface area contributed by atoms with Crippen LogP contribution < -0.4 is 10.2 Å². The molecule has 21 heavy (non-hydrogen) atoms. The minimum atomic E-state index is -0.147. The van der Waals surface area contributed by atoms with E-state index in [0.717, 1.165) is 24.3 Å². The van der Waals surface area contributed by atoms with Gasteiger partial charge in [0.25, 0.3) is 0 Å². The molecular weight excluding hydrogens is 265 g/mol. The van der Waals surface area contributed by atoms with Crippen LogP contribution in [0.5, 0.6) is 0 Å². The Morgan fingerprint density at radius 2 is 2.14 bits per heavy atom.